The number of imide groups is 1. The van der Waals surface area contributed by atoms with E-state index in [4.69, 9.17) is 4.74 Å². The molecule has 2 aliphatic rings. The molecular formula is C31H28F4N4O5. The van der Waals surface area contributed by atoms with Gasteiger partial charge in [0.25, 0.3) is 5.91 Å². The standard InChI is InChI=1S/C31H28F4N4O5/c1-17-12-24(27(36-14-17)37-19(3)40)21-6-9-25-22(13-21)10-11-30(25)28(42)39(29(43)44-30)16-26(41)38(18(2)31(33,34)35)15-20-4-7-23(32)8-5-20/h4-9,12-14,18H,10-11,15-16H2,1-3H3,(H,36,37,40)/t18-,30+/m0/s1. The highest BCUT2D eigenvalue weighted by Crippen LogP contribution is 2.46. The highest BCUT2D eigenvalue weighted by molar-refractivity contribution is 6.06. The molecule has 13 heteroatoms. The lowest BCUT2D eigenvalue weighted by Crippen LogP contribution is -2.51. The molecule has 0 bridgehead atoms. The summed E-state index contributed by atoms with van der Waals surface area (Å²) in [6.45, 7) is 2.50. The van der Waals surface area contributed by atoms with Crippen molar-refractivity contribution in [3.63, 3.8) is 0 Å². The predicted octanol–water partition coefficient (Wildman–Crippen LogP) is 5.25. The fourth-order valence-electron chi connectivity index (χ4n) is 5.51. The molecule has 5 rings (SSSR count). The molecule has 2 heterocycles. The van der Waals surface area contributed by atoms with Crippen LogP contribution in [0.3, 0.4) is 0 Å². The molecule has 0 unspecified atom stereocenters. The molecule has 230 valence electrons. The fourth-order valence-corrected chi connectivity index (χ4v) is 5.51. The Balaban J connectivity index is 1.41. The van der Waals surface area contributed by atoms with Gasteiger partial charge >= 0.3 is 12.3 Å². The largest absolute Gasteiger partial charge is 0.427 e. The van der Waals surface area contributed by atoms with Crippen LogP contribution in [0.1, 0.15) is 42.5 Å². The Labute approximate surface area is 249 Å². The van der Waals surface area contributed by atoms with E-state index >= 15 is 0 Å². The average Bonchev–Trinajstić information content (AvgIpc) is 3.44. The van der Waals surface area contributed by atoms with Crippen LogP contribution in [-0.2, 0) is 37.7 Å². The number of rotatable bonds is 7. The van der Waals surface area contributed by atoms with Crippen LogP contribution in [-0.4, -0.2) is 57.4 Å². The van der Waals surface area contributed by atoms with Gasteiger partial charge in [-0.15, -0.1) is 0 Å². The summed E-state index contributed by atoms with van der Waals surface area (Å²) < 4.78 is 60.1. The smallest absolute Gasteiger partial charge is 0.418 e. The number of carbonyl (C=O) groups is 4. The number of pyridine rings is 1. The van der Waals surface area contributed by atoms with Crippen LogP contribution in [0.25, 0.3) is 11.1 Å². The molecule has 1 spiro atoms. The summed E-state index contributed by atoms with van der Waals surface area (Å²) in [6, 6.07) is 9.32. The lowest BCUT2D eigenvalue weighted by atomic mass is 9.93. The van der Waals surface area contributed by atoms with E-state index in [1.165, 1.54) is 19.1 Å². The number of anilines is 1. The van der Waals surface area contributed by atoms with E-state index in [0.717, 1.165) is 24.6 Å². The summed E-state index contributed by atoms with van der Waals surface area (Å²) in [6.07, 6.45) is -3.93. The van der Waals surface area contributed by atoms with Crippen molar-refractivity contribution in [2.45, 2.75) is 58.0 Å². The van der Waals surface area contributed by atoms with Gasteiger partial charge in [0.2, 0.25) is 17.4 Å². The number of amides is 4. The molecule has 1 N–H and O–H groups in total. The predicted molar refractivity (Wildman–Crippen MR) is 149 cm³/mol. The minimum Gasteiger partial charge on any atom is -0.427 e. The molecule has 1 aliphatic heterocycles. The van der Waals surface area contributed by atoms with Crippen LogP contribution in [0, 0.1) is 12.7 Å². The highest BCUT2D eigenvalue weighted by atomic mass is 19.4. The number of hydrogen-bond donors (Lipinski definition) is 1. The number of aromatic nitrogens is 1. The van der Waals surface area contributed by atoms with E-state index < -0.39 is 54.6 Å². The fraction of sp³-hybridized carbons (Fsp3) is 0.323. The number of nitrogens with one attached hydrogen (secondary N) is 1. The third-order valence-electron chi connectivity index (χ3n) is 7.81. The van der Waals surface area contributed by atoms with Crippen LogP contribution in [0.5, 0.6) is 0 Å². The lowest BCUT2D eigenvalue weighted by Gasteiger charge is -2.31. The normalized spacial score (nSPS) is 18.3. The average molecular weight is 613 g/mol. The van der Waals surface area contributed by atoms with Crippen molar-refractivity contribution in [3.05, 3.63) is 82.8 Å². The number of benzene rings is 2. The lowest BCUT2D eigenvalue weighted by molar-refractivity contribution is -0.187. The van der Waals surface area contributed by atoms with E-state index in [1.807, 2.05) is 13.0 Å². The monoisotopic (exact) mass is 612 g/mol. The summed E-state index contributed by atoms with van der Waals surface area (Å²) in [5.41, 5.74) is 1.79. The first-order valence-electron chi connectivity index (χ1n) is 13.7. The molecule has 1 fully saturated rings. The molecule has 9 nitrogen and oxygen atoms in total. The van der Waals surface area contributed by atoms with Gasteiger partial charge in [-0.1, -0.05) is 30.3 Å². The third-order valence-corrected chi connectivity index (χ3v) is 7.81. The molecule has 44 heavy (non-hydrogen) atoms. The number of ether oxygens (including phenoxy) is 1. The number of nitrogens with zero attached hydrogens (tertiary/aromatic N) is 3. The number of halogens is 4. The molecule has 1 aromatic heterocycles. The van der Waals surface area contributed by atoms with Gasteiger partial charge in [-0.25, -0.2) is 19.1 Å². The van der Waals surface area contributed by atoms with Crippen LogP contribution in [0.4, 0.5) is 28.2 Å². The Hall–Kier alpha value is -4.81. The maximum Gasteiger partial charge on any atom is 0.418 e. The first-order valence-corrected chi connectivity index (χ1v) is 13.7. The summed E-state index contributed by atoms with van der Waals surface area (Å²) in [5.74, 6) is -2.53. The topological polar surface area (TPSA) is 109 Å². The summed E-state index contributed by atoms with van der Waals surface area (Å²) in [4.78, 5) is 56.9. The first kappa shape index (κ1) is 30.6. The maximum atomic E-state index is 13.7. The summed E-state index contributed by atoms with van der Waals surface area (Å²) in [7, 11) is 0. The van der Waals surface area contributed by atoms with Crippen LogP contribution in [0.15, 0.2) is 54.7 Å². The number of carbonyl (C=O) groups excluding carboxylic acids is 4. The Morgan fingerprint density at radius 2 is 1.84 bits per heavy atom. The molecule has 3 aromatic rings. The highest BCUT2D eigenvalue weighted by Gasteiger charge is 2.58. The zero-order valence-corrected chi connectivity index (χ0v) is 24.0. The SMILES string of the molecule is CC(=O)Nc1ncc(C)cc1-c1ccc2c(c1)CC[C@@]21OC(=O)N(CC(=O)N(Cc2ccc(F)cc2)[C@@H](C)C(F)(F)F)C1=O. The summed E-state index contributed by atoms with van der Waals surface area (Å²) in [5, 5.41) is 2.69. The minimum atomic E-state index is -4.80. The number of alkyl halides is 3. The number of fused-ring (bicyclic) bond motifs is 2. The Morgan fingerprint density at radius 1 is 1.14 bits per heavy atom. The van der Waals surface area contributed by atoms with E-state index in [0.29, 0.717) is 44.3 Å². The number of hydrogen-bond acceptors (Lipinski definition) is 6. The second-order valence-corrected chi connectivity index (χ2v) is 10.9. The first-order chi connectivity index (χ1) is 20.7. The molecular weight excluding hydrogens is 584 g/mol. The summed E-state index contributed by atoms with van der Waals surface area (Å²) >= 11 is 0. The van der Waals surface area contributed by atoms with Gasteiger partial charge in [-0.2, -0.15) is 13.2 Å². The zero-order valence-electron chi connectivity index (χ0n) is 24.0. The van der Waals surface area contributed by atoms with Crippen LogP contribution >= 0.6 is 0 Å². The van der Waals surface area contributed by atoms with E-state index in [1.54, 1.807) is 24.4 Å². The third kappa shape index (κ3) is 5.73. The van der Waals surface area contributed by atoms with Gasteiger partial charge in [-0.3, -0.25) is 14.4 Å². The van der Waals surface area contributed by atoms with Crippen molar-refractivity contribution in [3.8, 4) is 11.1 Å². The molecule has 1 saturated heterocycles. The van der Waals surface area contributed by atoms with Crippen molar-refractivity contribution in [2.75, 3.05) is 11.9 Å². The second kappa shape index (κ2) is 11.4. The number of aryl methyl sites for hydroxylation is 2. The van der Waals surface area contributed by atoms with Gasteiger partial charge < -0.3 is 15.0 Å². The molecule has 2 atom stereocenters. The van der Waals surface area contributed by atoms with Crippen molar-refractivity contribution < 1.29 is 41.5 Å². The van der Waals surface area contributed by atoms with E-state index in [9.17, 15) is 36.7 Å². The Bertz CT molecular complexity index is 1660. The zero-order chi connectivity index (χ0) is 32.0. The van der Waals surface area contributed by atoms with E-state index in [-0.39, 0.29) is 17.9 Å². The van der Waals surface area contributed by atoms with E-state index in [2.05, 4.69) is 10.3 Å². The van der Waals surface area contributed by atoms with Crippen molar-refractivity contribution >= 4 is 29.6 Å². The van der Waals surface area contributed by atoms with Crippen molar-refractivity contribution in [1.82, 2.24) is 14.8 Å². The molecule has 2 aromatic carbocycles. The van der Waals surface area contributed by atoms with Gasteiger partial charge in [0.1, 0.15) is 24.2 Å². The Morgan fingerprint density at radius 3 is 2.50 bits per heavy atom. The van der Waals surface area contributed by atoms with Gasteiger partial charge in [0.05, 0.1) is 0 Å². The van der Waals surface area contributed by atoms with Crippen LogP contribution < -0.4 is 5.32 Å². The molecule has 4 amide bonds. The van der Waals surface area contributed by atoms with Gasteiger partial charge in [-0.05, 0) is 60.7 Å². The minimum absolute atomic E-state index is 0.0733. The molecule has 0 radical (unpaired) electrons. The van der Waals surface area contributed by atoms with Gasteiger partial charge in [0, 0.05) is 37.2 Å². The van der Waals surface area contributed by atoms with Crippen molar-refractivity contribution in [1.29, 1.82) is 0 Å². The van der Waals surface area contributed by atoms with Crippen molar-refractivity contribution in [2.24, 2.45) is 0 Å². The second-order valence-electron chi connectivity index (χ2n) is 10.9. The maximum absolute atomic E-state index is 13.7. The van der Waals surface area contributed by atoms with Crippen LogP contribution in [0.2, 0.25) is 0 Å². The quantitative estimate of drug-likeness (QED) is 0.365. The molecule has 1 aliphatic carbocycles. The molecule has 0 saturated carbocycles. The Kier molecular flexibility index (Phi) is 7.91. The van der Waals surface area contributed by atoms with Gasteiger partial charge in [0.15, 0.2) is 0 Å².